The summed E-state index contributed by atoms with van der Waals surface area (Å²) in [5, 5.41) is 13.5. The van der Waals surface area contributed by atoms with Crippen LogP contribution < -0.4 is 10.1 Å². The summed E-state index contributed by atoms with van der Waals surface area (Å²) in [7, 11) is 0. The minimum atomic E-state index is -1.04. The van der Waals surface area contributed by atoms with Gasteiger partial charge in [0.1, 0.15) is 30.1 Å². The van der Waals surface area contributed by atoms with Gasteiger partial charge in [-0.2, -0.15) is 0 Å². The average Bonchev–Trinajstić information content (AvgIpc) is 2.59. The van der Waals surface area contributed by atoms with E-state index in [1.807, 2.05) is 0 Å². The molecule has 0 bridgehead atoms. The second-order valence-electron chi connectivity index (χ2n) is 7.25. The Labute approximate surface area is 157 Å². The molecule has 0 aliphatic carbocycles. The van der Waals surface area contributed by atoms with E-state index in [9.17, 15) is 14.7 Å². The third kappa shape index (κ3) is 4.47. The molecule has 2 N–H and O–H groups in total. The first-order valence-corrected chi connectivity index (χ1v) is 8.86. The zero-order chi connectivity index (χ0) is 19.8. The van der Waals surface area contributed by atoms with Crippen molar-refractivity contribution in [1.29, 1.82) is 0 Å². The molecule has 1 amide bonds. The SMILES string of the molecule is CC(=O)N[C@@H]1[C@@H](Oc2ccc(C(C)=O)cc2)O[C@@H]2COC(C)(C)O[C@H]2[C@H]1O. The molecule has 2 fully saturated rings. The van der Waals surface area contributed by atoms with E-state index in [-0.39, 0.29) is 18.3 Å². The zero-order valence-electron chi connectivity index (χ0n) is 15.8. The number of hydrogen-bond acceptors (Lipinski definition) is 7. The monoisotopic (exact) mass is 379 g/mol. The number of aliphatic hydroxyl groups is 1. The predicted molar refractivity (Wildman–Crippen MR) is 94.3 cm³/mol. The molecule has 5 atom stereocenters. The number of ketones is 1. The standard InChI is InChI=1S/C19H25NO7/c1-10(21)12-5-7-13(8-6-12)25-18-15(20-11(2)22)16(23)17-14(26-18)9-24-19(3,4)27-17/h5-8,14-18,23H,9H2,1-4H3,(H,20,22)/t14-,15+,16+,17-,18+/m1/s1. The molecule has 1 aromatic carbocycles. The molecule has 0 spiro atoms. The predicted octanol–water partition coefficient (Wildman–Crippen LogP) is 1.01. The van der Waals surface area contributed by atoms with E-state index in [0.717, 1.165) is 0 Å². The lowest BCUT2D eigenvalue weighted by Crippen LogP contribution is -2.69. The summed E-state index contributed by atoms with van der Waals surface area (Å²) >= 11 is 0. The van der Waals surface area contributed by atoms with Crippen LogP contribution in [0.2, 0.25) is 0 Å². The normalized spacial score (nSPS) is 32.3. The van der Waals surface area contributed by atoms with Crippen molar-refractivity contribution in [2.24, 2.45) is 0 Å². The molecule has 0 radical (unpaired) electrons. The maximum atomic E-state index is 11.6. The molecule has 2 heterocycles. The van der Waals surface area contributed by atoms with Gasteiger partial charge < -0.3 is 29.4 Å². The summed E-state index contributed by atoms with van der Waals surface area (Å²) < 4.78 is 23.2. The van der Waals surface area contributed by atoms with Gasteiger partial charge in [0, 0.05) is 12.5 Å². The number of ether oxygens (including phenoxy) is 4. The molecular weight excluding hydrogens is 354 g/mol. The van der Waals surface area contributed by atoms with Gasteiger partial charge in [-0.1, -0.05) is 0 Å². The fourth-order valence-electron chi connectivity index (χ4n) is 3.24. The van der Waals surface area contributed by atoms with Crippen LogP contribution in [-0.2, 0) is 19.0 Å². The second kappa shape index (κ2) is 7.55. The van der Waals surface area contributed by atoms with Crippen LogP contribution in [0.15, 0.2) is 24.3 Å². The number of carbonyl (C=O) groups is 2. The first-order chi connectivity index (χ1) is 12.7. The maximum absolute atomic E-state index is 11.6. The Kier molecular flexibility index (Phi) is 5.53. The van der Waals surface area contributed by atoms with Crippen molar-refractivity contribution < 1.29 is 33.6 Å². The fraction of sp³-hybridized carbons (Fsp3) is 0.579. The summed E-state index contributed by atoms with van der Waals surface area (Å²) in [4.78, 5) is 23.0. The Morgan fingerprint density at radius 1 is 1.22 bits per heavy atom. The van der Waals surface area contributed by atoms with Crippen molar-refractivity contribution >= 4 is 11.7 Å². The lowest BCUT2D eigenvalue weighted by atomic mass is 9.95. The van der Waals surface area contributed by atoms with E-state index < -0.39 is 36.4 Å². The van der Waals surface area contributed by atoms with Crippen LogP contribution in [0.1, 0.15) is 38.1 Å². The topological polar surface area (TPSA) is 103 Å². The van der Waals surface area contributed by atoms with Crippen molar-refractivity contribution in [3.05, 3.63) is 29.8 Å². The summed E-state index contributed by atoms with van der Waals surface area (Å²) in [6.45, 7) is 6.57. The molecule has 2 aliphatic rings. The smallest absolute Gasteiger partial charge is 0.223 e. The van der Waals surface area contributed by atoms with Crippen LogP contribution in [0.4, 0.5) is 0 Å². The molecule has 0 unspecified atom stereocenters. The Hall–Kier alpha value is -2.00. The largest absolute Gasteiger partial charge is 0.463 e. The highest BCUT2D eigenvalue weighted by atomic mass is 16.8. The first-order valence-electron chi connectivity index (χ1n) is 8.86. The van der Waals surface area contributed by atoms with E-state index >= 15 is 0 Å². The van der Waals surface area contributed by atoms with Crippen LogP contribution in [0.25, 0.3) is 0 Å². The van der Waals surface area contributed by atoms with Gasteiger partial charge in [-0.3, -0.25) is 9.59 Å². The minimum absolute atomic E-state index is 0.0519. The van der Waals surface area contributed by atoms with Crippen LogP contribution in [0.3, 0.4) is 0 Å². The number of carbonyl (C=O) groups excluding carboxylic acids is 2. The first kappa shape index (κ1) is 19.8. The van der Waals surface area contributed by atoms with E-state index in [2.05, 4.69) is 5.32 Å². The quantitative estimate of drug-likeness (QED) is 0.753. The summed E-state index contributed by atoms with van der Waals surface area (Å²) in [5.41, 5.74) is 0.557. The van der Waals surface area contributed by atoms with Crippen molar-refractivity contribution in [3.8, 4) is 5.75 Å². The number of benzene rings is 1. The van der Waals surface area contributed by atoms with Crippen molar-refractivity contribution in [3.63, 3.8) is 0 Å². The lowest BCUT2D eigenvalue weighted by molar-refractivity contribution is -0.361. The molecular formula is C19H25NO7. The summed E-state index contributed by atoms with van der Waals surface area (Å²) in [6, 6.07) is 5.73. The van der Waals surface area contributed by atoms with Gasteiger partial charge in [0.05, 0.1) is 6.61 Å². The third-order valence-corrected chi connectivity index (χ3v) is 4.57. The van der Waals surface area contributed by atoms with Crippen LogP contribution in [-0.4, -0.2) is 59.8 Å². The highest BCUT2D eigenvalue weighted by molar-refractivity contribution is 5.94. The molecule has 2 aliphatic heterocycles. The third-order valence-electron chi connectivity index (χ3n) is 4.57. The molecule has 2 saturated heterocycles. The van der Waals surface area contributed by atoms with Crippen molar-refractivity contribution in [2.75, 3.05) is 6.61 Å². The molecule has 3 rings (SSSR count). The van der Waals surface area contributed by atoms with Crippen LogP contribution >= 0.6 is 0 Å². The van der Waals surface area contributed by atoms with Crippen molar-refractivity contribution in [2.45, 2.75) is 64.1 Å². The number of Topliss-reactive ketones (excluding diaryl/α,β-unsaturated/α-hetero) is 1. The Morgan fingerprint density at radius 3 is 2.48 bits per heavy atom. The number of nitrogens with one attached hydrogen (secondary N) is 1. The number of hydrogen-bond donors (Lipinski definition) is 2. The molecule has 8 nitrogen and oxygen atoms in total. The number of rotatable bonds is 4. The van der Waals surface area contributed by atoms with Gasteiger partial charge in [0.15, 0.2) is 11.6 Å². The zero-order valence-corrected chi connectivity index (χ0v) is 15.8. The van der Waals surface area contributed by atoms with E-state index in [1.54, 1.807) is 38.1 Å². The number of aliphatic hydroxyl groups excluding tert-OH is 1. The highest BCUT2D eigenvalue weighted by Gasteiger charge is 2.52. The molecule has 8 heteroatoms. The van der Waals surface area contributed by atoms with Gasteiger partial charge in [0.25, 0.3) is 0 Å². The number of fused-ring (bicyclic) bond motifs is 1. The molecule has 0 saturated carbocycles. The maximum Gasteiger partial charge on any atom is 0.223 e. The van der Waals surface area contributed by atoms with Gasteiger partial charge >= 0.3 is 0 Å². The molecule has 148 valence electrons. The van der Waals surface area contributed by atoms with Crippen molar-refractivity contribution in [1.82, 2.24) is 5.32 Å². The average molecular weight is 379 g/mol. The minimum Gasteiger partial charge on any atom is -0.463 e. The second-order valence-corrected chi connectivity index (χ2v) is 7.25. The Balaban J connectivity index is 1.79. The molecule has 0 aromatic heterocycles. The van der Waals surface area contributed by atoms with E-state index in [4.69, 9.17) is 18.9 Å². The van der Waals surface area contributed by atoms with Crippen LogP contribution in [0, 0.1) is 0 Å². The lowest BCUT2D eigenvalue weighted by Gasteiger charge is -2.49. The number of amides is 1. The Bertz CT molecular complexity index is 703. The van der Waals surface area contributed by atoms with Gasteiger partial charge in [-0.05, 0) is 45.0 Å². The van der Waals surface area contributed by atoms with Gasteiger partial charge in [-0.25, -0.2) is 0 Å². The van der Waals surface area contributed by atoms with Crippen LogP contribution in [0.5, 0.6) is 5.75 Å². The fourth-order valence-corrected chi connectivity index (χ4v) is 3.24. The highest BCUT2D eigenvalue weighted by Crippen LogP contribution is 2.33. The molecule has 27 heavy (non-hydrogen) atoms. The summed E-state index contributed by atoms with van der Waals surface area (Å²) in [6.07, 6.45) is -3.19. The van der Waals surface area contributed by atoms with E-state index in [1.165, 1.54) is 13.8 Å². The Morgan fingerprint density at radius 2 is 1.89 bits per heavy atom. The molecule has 1 aromatic rings. The van der Waals surface area contributed by atoms with Gasteiger partial charge in [0.2, 0.25) is 12.2 Å². The van der Waals surface area contributed by atoms with E-state index in [0.29, 0.717) is 11.3 Å². The summed E-state index contributed by atoms with van der Waals surface area (Å²) in [5.74, 6) is -0.788. The van der Waals surface area contributed by atoms with Gasteiger partial charge in [-0.15, -0.1) is 0 Å².